The molecule has 0 amide bonds. The molecule has 104 valence electrons. The fourth-order valence-corrected chi connectivity index (χ4v) is 2.17. The van der Waals surface area contributed by atoms with Gasteiger partial charge in [0.2, 0.25) is 0 Å². The molecule has 1 N–H and O–H groups in total. The molecule has 0 unspecified atom stereocenters. The quantitative estimate of drug-likeness (QED) is 0.492. The number of carbonyl (C=O) groups is 1. The zero-order valence-electron chi connectivity index (χ0n) is 10.7. The molecule has 7 heteroatoms. The maximum Gasteiger partial charge on any atom is 0.325 e. The van der Waals surface area contributed by atoms with Gasteiger partial charge < -0.3 is 10.1 Å². The third-order valence-electron chi connectivity index (χ3n) is 2.47. The van der Waals surface area contributed by atoms with E-state index in [1.165, 1.54) is 6.07 Å². The van der Waals surface area contributed by atoms with Gasteiger partial charge in [0.25, 0.3) is 5.69 Å². The highest BCUT2D eigenvalue weighted by Crippen LogP contribution is 2.31. The monoisotopic (exact) mass is 330 g/mol. The van der Waals surface area contributed by atoms with Crippen LogP contribution in [0.25, 0.3) is 0 Å². The van der Waals surface area contributed by atoms with Crippen molar-refractivity contribution in [3.63, 3.8) is 0 Å². The molecule has 0 aromatic heterocycles. The first-order valence-electron chi connectivity index (χ1n) is 5.85. The molecular weight excluding hydrogens is 316 g/mol. The van der Waals surface area contributed by atoms with Gasteiger partial charge in [-0.25, -0.2) is 0 Å². The molecule has 0 radical (unpaired) electrons. The number of nitro benzene ring substituents is 1. The lowest BCUT2D eigenvalue weighted by Gasteiger charge is -2.09. The minimum Gasteiger partial charge on any atom is -0.465 e. The van der Waals surface area contributed by atoms with E-state index < -0.39 is 10.9 Å². The van der Waals surface area contributed by atoms with Crippen LogP contribution < -0.4 is 5.32 Å². The van der Waals surface area contributed by atoms with Gasteiger partial charge in [-0.3, -0.25) is 14.9 Å². The number of halogens is 1. The number of nitro groups is 1. The van der Waals surface area contributed by atoms with E-state index in [0.717, 1.165) is 10.0 Å². The van der Waals surface area contributed by atoms with Crippen molar-refractivity contribution in [1.29, 1.82) is 0 Å². The molecule has 0 bridgehead atoms. The minimum absolute atomic E-state index is 0.0515. The number of nitrogens with zero attached hydrogens (tertiary/aromatic N) is 1. The summed E-state index contributed by atoms with van der Waals surface area (Å²) in [5, 5.41) is 13.7. The topological polar surface area (TPSA) is 81.5 Å². The van der Waals surface area contributed by atoms with Gasteiger partial charge in [-0.1, -0.05) is 22.9 Å². The number of carbonyl (C=O) groups excluding carboxylic acids is 1. The van der Waals surface area contributed by atoms with Gasteiger partial charge >= 0.3 is 5.97 Å². The van der Waals surface area contributed by atoms with Crippen LogP contribution in [0.5, 0.6) is 0 Å². The fourth-order valence-electron chi connectivity index (χ4n) is 1.55. The first kappa shape index (κ1) is 15.4. The van der Waals surface area contributed by atoms with Crippen LogP contribution in [0.15, 0.2) is 16.6 Å². The zero-order valence-corrected chi connectivity index (χ0v) is 12.3. The van der Waals surface area contributed by atoms with E-state index in [4.69, 9.17) is 4.74 Å². The van der Waals surface area contributed by atoms with Crippen molar-refractivity contribution >= 4 is 33.3 Å². The van der Waals surface area contributed by atoms with E-state index in [0.29, 0.717) is 12.1 Å². The van der Waals surface area contributed by atoms with Crippen LogP contribution in [0.3, 0.4) is 0 Å². The lowest BCUT2D eigenvalue weighted by molar-refractivity contribution is -0.384. The number of hydrogen-bond donors (Lipinski definition) is 1. The molecule has 1 aromatic rings. The molecule has 0 aliphatic rings. The van der Waals surface area contributed by atoms with E-state index in [1.807, 2.05) is 6.92 Å². The number of hydrogen-bond acceptors (Lipinski definition) is 5. The second-order valence-electron chi connectivity index (χ2n) is 3.73. The third-order valence-corrected chi connectivity index (χ3v) is 3.21. The Kier molecular flexibility index (Phi) is 5.75. The summed E-state index contributed by atoms with van der Waals surface area (Å²) in [5.74, 6) is -0.451. The Labute approximate surface area is 119 Å². The van der Waals surface area contributed by atoms with Crippen molar-refractivity contribution in [2.24, 2.45) is 0 Å². The van der Waals surface area contributed by atoms with Crippen molar-refractivity contribution in [2.45, 2.75) is 20.3 Å². The van der Waals surface area contributed by atoms with Crippen molar-refractivity contribution < 1.29 is 14.5 Å². The average molecular weight is 331 g/mol. The van der Waals surface area contributed by atoms with Crippen molar-refractivity contribution in [2.75, 3.05) is 18.5 Å². The standard InChI is InChI=1S/C12H15BrN2O4/c1-3-8-5-11(15(17)18)10(6-9(8)13)14-7-12(16)19-4-2/h5-6,14H,3-4,7H2,1-2H3. The highest BCUT2D eigenvalue weighted by molar-refractivity contribution is 9.10. The highest BCUT2D eigenvalue weighted by Gasteiger charge is 2.17. The van der Waals surface area contributed by atoms with Crippen molar-refractivity contribution in [1.82, 2.24) is 0 Å². The summed E-state index contributed by atoms with van der Waals surface area (Å²) >= 11 is 3.35. The molecule has 0 saturated heterocycles. The lowest BCUT2D eigenvalue weighted by atomic mass is 10.1. The second-order valence-corrected chi connectivity index (χ2v) is 4.58. The summed E-state index contributed by atoms with van der Waals surface area (Å²) in [6.07, 6.45) is 0.680. The molecular formula is C12H15BrN2O4. The van der Waals surface area contributed by atoms with E-state index in [9.17, 15) is 14.9 Å². The number of ether oxygens (including phenoxy) is 1. The summed E-state index contributed by atoms with van der Waals surface area (Å²) < 4.78 is 5.53. The second kappa shape index (κ2) is 7.08. The molecule has 0 aliphatic heterocycles. The third kappa shape index (κ3) is 4.20. The predicted octanol–water partition coefficient (Wildman–Crippen LogP) is 2.89. The molecule has 0 aliphatic carbocycles. The Bertz CT molecular complexity index is 491. The molecule has 1 rings (SSSR count). The largest absolute Gasteiger partial charge is 0.465 e. The highest BCUT2D eigenvalue weighted by atomic mass is 79.9. The van der Waals surface area contributed by atoms with Gasteiger partial charge in [0.05, 0.1) is 11.5 Å². The fraction of sp³-hybridized carbons (Fsp3) is 0.417. The summed E-state index contributed by atoms with van der Waals surface area (Å²) in [6.45, 7) is 3.79. The average Bonchev–Trinajstić information content (AvgIpc) is 2.36. The van der Waals surface area contributed by atoms with Crippen LogP contribution in [0.1, 0.15) is 19.4 Å². The lowest BCUT2D eigenvalue weighted by Crippen LogP contribution is -2.17. The van der Waals surface area contributed by atoms with Crippen LogP contribution in [-0.4, -0.2) is 24.0 Å². The normalized spacial score (nSPS) is 10.1. The molecule has 0 spiro atoms. The predicted molar refractivity (Wildman–Crippen MR) is 75.3 cm³/mol. The summed E-state index contributed by atoms with van der Waals surface area (Å²) in [6, 6.07) is 3.10. The maximum atomic E-state index is 11.2. The minimum atomic E-state index is -0.473. The summed E-state index contributed by atoms with van der Waals surface area (Å²) in [5.41, 5.74) is 1.08. The molecule has 0 saturated carbocycles. The Morgan fingerprint density at radius 2 is 2.16 bits per heavy atom. The Hall–Kier alpha value is -1.63. The van der Waals surface area contributed by atoms with Crippen LogP contribution in [0.2, 0.25) is 0 Å². The van der Waals surface area contributed by atoms with Gasteiger partial charge in [-0.05, 0) is 25.0 Å². The van der Waals surface area contributed by atoms with E-state index in [1.54, 1.807) is 13.0 Å². The Balaban J connectivity index is 2.95. The summed E-state index contributed by atoms with van der Waals surface area (Å²) in [7, 11) is 0. The van der Waals surface area contributed by atoms with Crippen LogP contribution in [-0.2, 0) is 16.0 Å². The van der Waals surface area contributed by atoms with E-state index in [2.05, 4.69) is 21.2 Å². The van der Waals surface area contributed by atoms with Crippen LogP contribution >= 0.6 is 15.9 Å². The molecule has 19 heavy (non-hydrogen) atoms. The number of anilines is 1. The van der Waals surface area contributed by atoms with Crippen LogP contribution in [0.4, 0.5) is 11.4 Å². The van der Waals surface area contributed by atoms with E-state index >= 15 is 0 Å². The molecule has 0 heterocycles. The smallest absolute Gasteiger partial charge is 0.325 e. The molecule has 0 atom stereocenters. The maximum absolute atomic E-state index is 11.2. The Morgan fingerprint density at radius 1 is 1.47 bits per heavy atom. The van der Waals surface area contributed by atoms with Crippen molar-refractivity contribution in [3.05, 3.63) is 32.3 Å². The summed E-state index contributed by atoms with van der Waals surface area (Å²) in [4.78, 5) is 21.8. The van der Waals surface area contributed by atoms with E-state index in [-0.39, 0.29) is 18.8 Å². The number of nitrogens with one attached hydrogen (secondary N) is 1. The van der Waals surface area contributed by atoms with Crippen molar-refractivity contribution in [3.8, 4) is 0 Å². The molecule has 0 fully saturated rings. The molecule has 1 aromatic carbocycles. The number of benzene rings is 1. The number of rotatable bonds is 6. The first-order valence-corrected chi connectivity index (χ1v) is 6.65. The SMILES string of the molecule is CCOC(=O)CNc1cc(Br)c(CC)cc1[N+](=O)[O-]. The zero-order chi connectivity index (χ0) is 14.4. The number of aryl methyl sites for hydroxylation is 1. The van der Waals surface area contributed by atoms with Gasteiger partial charge in [-0.2, -0.15) is 0 Å². The molecule has 6 nitrogen and oxygen atoms in total. The number of esters is 1. The Morgan fingerprint density at radius 3 is 2.68 bits per heavy atom. The van der Waals surface area contributed by atoms with Crippen LogP contribution in [0, 0.1) is 10.1 Å². The first-order chi connectivity index (χ1) is 8.99. The van der Waals surface area contributed by atoms with Gasteiger partial charge in [-0.15, -0.1) is 0 Å². The van der Waals surface area contributed by atoms with Gasteiger partial charge in [0.15, 0.2) is 0 Å². The van der Waals surface area contributed by atoms with Gasteiger partial charge in [0.1, 0.15) is 12.2 Å². The van der Waals surface area contributed by atoms with Gasteiger partial charge in [0, 0.05) is 10.5 Å².